The highest BCUT2D eigenvalue weighted by atomic mass is 32.2. The molecular weight excluding hydrogens is 376 g/mol. The van der Waals surface area contributed by atoms with Crippen molar-refractivity contribution in [3.8, 4) is 5.75 Å². The Labute approximate surface area is 166 Å². The standard InChI is InChI=1S/C21H26N2O4S/c1-27-19-8-4-16(5-9-19)2-3-17-12-14-23(15-13-17)28(25,26)20-10-6-18(7-11-20)21(22)24/h4-11,17H,2-3,12-15H2,1H3,(H2,22,24). The van der Waals surface area contributed by atoms with Crippen LogP contribution in [-0.2, 0) is 16.4 Å². The van der Waals surface area contributed by atoms with Gasteiger partial charge in [0.05, 0.1) is 12.0 Å². The molecule has 0 spiro atoms. The molecule has 1 aliphatic rings. The number of nitrogens with two attached hydrogens (primary N) is 1. The molecule has 0 radical (unpaired) electrons. The number of amides is 1. The molecule has 0 unspecified atom stereocenters. The van der Waals surface area contributed by atoms with E-state index in [1.54, 1.807) is 7.11 Å². The minimum absolute atomic E-state index is 0.203. The van der Waals surface area contributed by atoms with E-state index < -0.39 is 15.9 Å². The van der Waals surface area contributed by atoms with Crippen LogP contribution in [0.4, 0.5) is 0 Å². The highest BCUT2D eigenvalue weighted by Crippen LogP contribution is 2.27. The van der Waals surface area contributed by atoms with Gasteiger partial charge in [-0.05, 0) is 73.6 Å². The summed E-state index contributed by atoms with van der Waals surface area (Å²) in [6.07, 6.45) is 3.74. The van der Waals surface area contributed by atoms with Gasteiger partial charge >= 0.3 is 0 Å². The van der Waals surface area contributed by atoms with Crippen LogP contribution in [0.25, 0.3) is 0 Å². The predicted octanol–water partition coefficient (Wildman–Crippen LogP) is 2.83. The topological polar surface area (TPSA) is 89.7 Å². The van der Waals surface area contributed by atoms with Gasteiger partial charge in [-0.15, -0.1) is 0 Å². The molecular formula is C21H26N2O4S. The van der Waals surface area contributed by atoms with Crippen molar-refractivity contribution < 1.29 is 17.9 Å². The normalized spacial score (nSPS) is 16.0. The SMILES string of the molecule is COc1ccc(CCC2CCN(S(=O)(=O)c3ccc(C(N)=O)cc3)CC2)cc1. The fraction of sp³-hybridized carbons (Fsp3) is 0.381. The first kappa shape index (κ1) is 20.4. The van der Waals surface area contributed by atoms with Crippen LogP contribution in [0.5, 0.6) is 5.75 Å². The van der Waals surface area contributed by atoms with E-state index >= 15 is 0 Å². The molecule has 2 N–H and O–H groups in total. The number of rotatable bonds is 7. The maximum Gasteiger partial charge on any atom is 0.248 e. The fourth-order valence-electron chi connectivity index (χ4n) is 3.54. The fourth-order valence-corrected chi connectivity index (χ4v) is 5.01. The first-order valence-corrected chi connectivity index (χ1v) is 10.9. The molecule has 28 heavy (non-hydrogen) atoms. The molecule has 1 aliphatic heterocycles. The van der Waals surface area contributed by atoms with Crippen molar-refractivity contribution in [3.63, 3.8) is 0 Å². The van der Waals surface area contributed by atoms with Crippen LogP contribution in [0.15, 0.2) is 53.4 Å². The molecule has 0 saturated carbocycles. The molecule has 0 aromatic heterocycles. The number of sulfonamides is 1. The quantitative estimate of drug-likeness (QED) is 0.771. The molecule has 1 amide bonds. The monoisotopic (exact) mass is 402 g/mol. The van der Waals surface area contributed by atoms with Crippen LogP contribution in [0.3, 0.4) is 0 Å². The lowest BCUT2D eigenvalue weighted by atomic mass is 9.91. The summed E-state index contributed by atoms with van der Waals surface area (Å²) < 4.78 is 32.3. The van der Waals surface area contributed by atoms with Crippen molar-refractivity contribution in [2.75, 3.05) is 20.2 Å². The van der Waals surface area contributed by atoms with E-state index in [1.807, 2.05) is 12.1 Å². The Kier molecular flexibility index (Phi) is 6.36. The van der Waals surface area contributed by atoms with Gasteiger partial charge in [0.2, 0.25) is 15.9 Å². The van der Waals surface area contributed by atoms with Crippen LogP contribution in [0.1, 0.15) is 35.2 Å². The molecule has 1 heterocycles. The van der Waals surface area contributed by atoms with Gasteiger partial charge in [0.25, 0.3) is 0 Å². The van der Waals surface area contributed by atoms with E-state index in [0.717, 1.165) is 31.4 Å². The first-order chi connectivity index (χ1) is 13.4. The van der Waals surface area contributed by atoms with E-state index in [0.29, 0.717) is 24.6 Å². The Morgan fingerprint density at radius 3 is 2.21 bits per heavy atom. The van der Waals surface area contributed by atoms with E-state index in [4.69, 9.17) is 10.5 Å². The summed E-state index contributed by atoms with van der Waals surface area (Å²) in [5.74, 6) is 0.804. The van der Waals surface area contributed by atoms with Gasteiger partial charge in [-0.3, -0.25) is 4.79 Å². The van der Waals surface area contributed by atoms with E-state index in [1.165, 1.54) is 34.1 Å². The number of piperidine rings is 1. The number of aryl methyl sites for hydroxylation is 1. The maximum absolute atomic E-state index is 12.8. The zero-order chi connectivity index (χ0) is 20.1. The number of carbonyl (C=O) groups excluding carboxylic acids is 1. The van der Waals surface area contributed by atoms with E-state index in [2.05, 4.69) is 12.1 Å². The first-order valence-electron chi connectivity index (χ1n) is 9.43. The number of nitrogens with zero attached hydrogens (tertiary/aromatic N) is 1. The molecule has 0 atom stereocenters. The van der Waals surface area contributed by atoms with Crippen LogP contribution in [-0.4, -0.2) is 38.8 Å². The zero-order valence-electron chi connectivity index (χ0n) is 16.0. The van der Waals surface area contributed by atoms with Crippen LogP contribution >= 0.6 is 0 Å². The largest absolute Gasteiger partial charge is 0.497 e. The Balaban J connectivity index is 1.54. The third-order valence-electron chi connectivity index (χ3n) is 5.35. The smallest absolute Gasteiger partial charge is 0.248 e. The summed E-state index contributed by atoms with van der Waals surface area (Å²) in [6.45, 7) is 1.04. The summed E-state index contributed by atoms with van der Waals surface area (Å²) in [5.41, 5.74) is 6.78. The second kappa shape index (κ2) is 8.75. The van der Waals surface area contributed by atoms with Crippen LogP contribution in [0.2, 0.25) is 0 Å². The highest BCUT2D eigenvalue weighted by Gasteiger charge is 2.29. The third-order valence-corrected chi connectivity index (χ3v) is 7.26. The molecule has 7 heteroatoms. The van der Waals surface area contributed by atoms with Gasteiger partial charge in [0.1, 0.15) is 5.75 Å². The van der Waals surface area contributed by atoms with Gasteiger partial charge in [0, 0.05) is 18.7 Å². The minimum atomic E-state index is -3.54. The molecule has 1 fully saturated rings. The Morgan fingerprint density at radius 1 is 1.07 bits per heavy atom. The number of carbonyl (C=O) groups is 1. The number of hydrogen-bond acceptors (Lipinski definition) is 4. The van der Waals surface area contributed by atoms with Crippen molar-refractivity contribution in [2.24, 2.45) is 11.7 Å². The van der Waals surface area contributed by atoms with Gasteiger partial charge in [0.15, 0.2) is 0 Å². The highest BCUT2D eigenvalue weighted by molar-refractivity contribution is 7.89. The second-order valence-electron chi connectivity index (χ2n) is 7.12. The van der Waals surface area contributed by atoms with Gasteiger partial charge in [-0.25, -0.2) is 8.42 Å². The average molecular weight is 403 g/mol. The number of hydrogen-bond donors (Lipinski definition) is 1. The summed E-state index contributed by atoms with van der Waals surface area (Å²) in [6, 6.07) is 13.9. The molecule has 6 nitrogen and oxygen atoms in total. The molecule has 0 aliphatic carbocycles. The lowest BCUT2D eigenvalue weighted by Crippen LogP contribution is -2.38. The summed E-state index contributed by atoms with van der Waals surface area (Å²) in [4.78, 5) is 11.4. The van der Waals surface area contributed by atoms with Gasteiger partial charge in [-0.2, -0.15) is 4.31 Å². The Hall–Kier alpha value is -2.38. The lowest BCUT2D eigenvalue weighted by Gasteiger charge is -2.31. The molecule has 0 bridgehead atoms. The number of benzene rings is 2. The van der Waals surface area contributed by atoms with E-state index in [9.17, 15) is 13.2 Å². The number of ether oxygens (including phenoxy) is 1. The zero-order valence-corrected chi connectivity index (χ0v) is 16.8. The lowest BCUT2D eigenvalue weighted by molar-refractivity contribution is 0.1000. The van der Waals surface area contributed by atoms with Crippen molar-refractivity contribution in [3.05, 3.63) is 59.7 Å². The maximum atomic E-state index is 12.8. The van der Waals surface area contributed by atoms with Gasteiger partial charge in [-0.1, -0.05) is 12.1 Å². The Bertz CT molecular complexity index is 900. The summed E-state index contributed by atoms with van der Waals surface area (Å²) in [5, 5.41) is 0. The van der Waals surface area contributed by atoms with Crippen molar-refractivity contribution in [1.82, 2.24) is 4.31 Å². The molecule has 150 valence electrons. The molecule has 1 saturated heterocycles. The third kappa shape index (κ3) is 4.72. The van der Waals surface area contributed by atoms with Gasteiger partial charge < -0.3 is 10.5 Å². The van der Waals surface area contributed by atoms with E-state index in [-0.39, 0.29) is 4.90 Å². The van der Waals surface area contributed by atoms with Crippen molar-refractivity contribution in [2.45, 2.75) is 30.6 Å². The minimum Gasteiger partial charge on any atom is -0.497 e. The van der Waals surface area contributed by atoms with Crippen LogP contribution in [0, 0.1) is 5.92 Å². The number of methoxy groups -OCH3 is 1. The average Bonchev–Trinajstić information content (AvgIpc) is 2.73. The molecule has 2 aromatic carbocycles. The second-order valence-corrected chi connectivity index (χ2v) is 9.06. The molecule has 2 aromatic rings. The van der Waals surface area contributed by atoms with Crippen molar-refractivity contribution in [1.29, 1.82) is 0 Å². The summed E-state index contributed by atoms with van der Waals surface area (Å²) >= 11 is 0. The molecule has 3 rings (SSSR count). The van der Waals surface area contributed by atoms with Crippen LogP contribution < -0.4 is 10.5 Å². The van der Waals surface area contributed by atoms with Crippen molar-refractivity contribution >= 4 is 15.9 Å². The number of primary amides is 1. The predicted molar refractivity (Wildman–Crippen MR) is 108 cm³/mol. The Morgan fingerprint density at radius 2 is 1.68 bits per heavy atom. The summed E-state index contributed by atoms with van der Waals surface area (Å²) in [7, 11) is -1.88.